The van der Waals surface area contributed by atoms with Crippen LogP contribution in [0.1, 0.15) is 43.4 Å². The smallest absolute Gasteiger partial charge is 0.325 e. The van der Waals surface area contributed by atoms with E-state index in [2.05, 4.69) is 45.5 Å². The molecule has 1 aromatic heterocycles. The molecule has 3 amide bonds. The summed E-state index contributed by atoms with van der Waals surface area (Å²) in [4.78, 5) is 35.3. The highest BCUT2D eigenvalue weighted by atomic mass is 16.5. The van der Waals surface area contributed by atoms with E-state index in [0.717, 1.165) is 58.2 Å². The molecule has 3 aliphatic rings. The molecule has 0 aliphatic carbocycles. The second-order valence-electron chi connectivity index (χ2n) is 9.71. The molecule has 0 unspecified atom stereocenters. The van der Waals surface area contributed by atoms with E-state index in [-0.39, 0.29) is 24.0 Å². The largest absolute Gasteiger partial charge is 0.376 e. The topological polar surface area (TPSA) is 74.8 Å². The molecule has 3 aliphatic heterocycles. The van der Waals surface area contributed by atoms with Crippen LogP contribution in [0.5, 0.6) is 0 Å². The van der Waals surface area contributed by atoms with Crippen LogP contribution in [0.15, 0.2) is 54.7 Å². The molecule has 1 aromatic carbocycles. The van der Waals surface area contributed by atoms with Gasteiger partial charge in [0.05, 0.1) is 18.3 Å². The Kier molecular flexibility index (Phi) is 6.92. The number of urea groups is 1. The summed E-state index contributed by atoms with van der Waals surface area (Å²) in [6.45, 7) is 3.90. The number of nitrogens with zero attached hydrogens (tertiary/aromatic N) is 3. The highest BCUT2D eigenvalue weighted by Crippen LogP contribution is 2.41. The standard InChI is InChI=1S/C27H34N4O3/c32-25-27(24-12-4-5-15-28-24,29-26(33)31(25)20-23-11-7-19-34-23)22-13-17-30(18-14-22)16-6-10-21-8-2-1-3-9-21/h1-5,8-9,12,15,22-23H,6-7,10-11,13-14,16-20H2,(H,29,33)/t23-,27+/m1/s1. The third-order valence-electron chi connectivity index (χ3n) is 7.59. The number of piperidine rings is 1. The highest BCUT2D eigenvalue weighted by molar-refractivity contribution is 6.07. The highest BCUT2D eigenvalue weighted by Gasteiger charge is 2.58. The molecule has 1 N–H and O–H groups in total. The summed E-state index contributed by atoms with van der Waals surface area (Å²) in [6.07, 6.45) is 7.38. The third kappa shape index (κ3) is 4.59. The Balaban J connectivity index is 1.27. The lowest BCUT2D eigenvalue weighted by molar-refractivity contribution is -0.135. The first-order chi connectivity index (χ1) is 16.7. The van der Waals surface area contributed by atoms with Crippen LogP contribution in [-0.2, 0) is 21.5 Å². The van der Waals surface area contributed by atoms with E-state index in [1.807, 2.05) is 18.2 Å². The zero-order chi connectivity index (χ0) is 23.4. The summed E-state index contributed by atoms with van der Waals surface area (Å²) in [5, 5.41) is 3.11. The lowest BCUT2D eigenvalue weighted by Crippen LogP contribution is -2.54. The average Bonchev–Trinajstić information content (AvgIpc) is 3.48. The number of rotatable bonds is 8. The van der Waals surface area contributed by atoms with Gasteiger partial charge in [-0.05, 0) is 81.8 Å². The normalized spacial score (nSPS) is 26.2. The summed E-state index contributed by atoms with van der Waals surface area (Å²) < 4.78 is 5.72. The van der Waals surface area contributed by atoms with Gasteiger partial charge in [-0.3, -0.25) is 14.7 Å². The van der Waals surface area contributed by atoms with Crippen molar-refractivity contribution in [3.63, 3.8) is 0 Å². The molecule has 4 heterocycles. The summed E-state index contributed by atoms with van der Waals surface area (Å²) in [5.41, 5.74) is 0.926. The SMILES string of the molecule is O=C1N[C@](c2ccccn2)(C2CCN(CCCc3ccccc3)CC2)C(=O)N1C[C@H]1CCCO1. The number of pyridine rings is 1. The Morgan fingerprint density at radius 3 is 2.53 bits per heavy atom. The van der Waals surface area contributed by atoms with E-state index in [0.29, 0.717) is 18.8 Å². The Morgan fingerprint density at radius 1 is 1.03 bits per heavy atom. The number of ether oxygens (including phenoxy) is 1. The molecule has 7 heteroatoms. The molecule has 180 valence electrons. The zero-order valence-corrected chi connectivity index (χ0v) is 19.7. The van der Waals surface area contributed by atoms with Crippen molar-refractivity contribution in [2.75, 3.05) is 32.8 Å². The van der Waals surface area contributed by atoms with Crippen molar-refractivity contribution in [3.8, 4) is 0 Å². The number of hydrogen-bond acceptors (Lipinski definition) is 5. The fourth-order valence-electron chi connectivity index (χ4n) is 5.75. The predicted molar refractivity (Wildman–Crippen MR) is 129 cm³/mol. The number of carbonyl (C=O) groups excluding carboxylic acids is 2. The average molecular weight is 463 g/mol. The maximum atomic E-state index is 13.9. The van der Waals surface area contributed by atoms with Crippen LogP contribution in [0.2, 0.25) is 0 Å². The predicted octanol–water partition coefficient (Wildman–Crippen LogP) is 3.35. The van der Waals surface area contributed by atoms with Crippen molar-refractivity contribution in [1.82, 2.24) is 20.1 Å². The van der Waals surface area contributed by atoms with Crippen molar-refractivity contribution in [3.05, 3.63) is 66.0 Å². The molecule has 2 aromatic rings. The first-order valence-electron chi connectivity index (χ1n) is 12.6. The molecule has 7 nitrogen and oxygen atoms in total. The van der Waals surface area contributed by atoms with Gasteiger partial charge in [0.25, 0.3) is 5.91 Å². The van der Waals surface area contributed by atoms with E-state index in [9.17, 15) is 9.59 Å². The van der Waals surface area contributed by atoms with Crippen molar-refractivity contribution < 1.29 is 14.3 Å². The second kappa shape index (κ2) is 10.2. The monoisotopic (exact) mass is 462 g/mol. The maximum absolute atomic E-state index is 13.9. The van der Waals surface area contributed by atoms with Gasteiger partial charge in [0.15, 0.2) is 5.54 Å². The zero-order valence-electron chi connectivity index (χ0n) is 19.7. The van der Waals surface area contributed by atoms with E-state index < -0.39 is 5.54 Å². The van der Waals surface area contributed by atoms with E-state index in [1.54, 1.807) is 6.20 Å². The molecule has 2 atom stereocenters. The van der Waals surface area contributed by atoms with E-state index in [4.69, 9.17) is 4.74 Å². The maximum Gasteiger partial charge on any atom is 0.325 e. The lowest BCUT2D eigenvalue weighted by atomic mass is 9.75. The van der Waals surface area contributed by atoms with Gasteiger partial charge in [0.1, 0.15) is 0 Å². The summed E-state index contributed by atoms with van der Waals surface area (Å²) in [6, 6.07) is 15.9. The first kappa shape index (κ1) is 23.0. The number of imide groups is 1. The van der Waals surface area contributed by atoms with Crippen molar-refractivity contribution in [2.45, 2.75) is 50.2 Å². The molecule has 0 bridgehead atoms. The molecule has 3 fully saturated rings. The van der Waals surface area contributed by atoms with E-state index in [1.165, 1.54) is 10.5 Å². The molecule has 5 rings (SSSR count). The first-order valence-corrected chi connectivity index (χ1v) is 12.6. The lowest BCUT2D eigenvalue weighted by Gasteiger charge is -2.40. The Bertz CT molecular complexity index is 972. The van der Waals surface area contributed by atoms with Crippen LogP contribution in [-0.4, -0.2) is 65.6 Å². The van der Waals surface area contributed by atoms with Gasteiger partial charge in [-0.25, -0.2) is 4.79 Å². The van der Waals surface area contributed by atoms with Gasteiger partial charge in [0.2, 0.25) is 0 Å². The van der Waals surface area contributed by atoms with Crippen molar-refractivity contribution in [1.29, 1.82) is 0 Å². The summed E-state index contributed by atoms with van der Waals surface area (Å²) >= 11 is 0. The van der Waals surface area contributed by atoms with Crippen molar-refractivity contribution >= 4 is 11.9 Å². The van der Waals surface area contributed by atoms with Crippen LogP contribution in [0, 0.1) is 5.92 Å². The van der Waals surface area contributed by atoms with Crippen LogP contribution in [0.25, 0.3) is 0 Å². The number of hydrogen-bond donors (Lipinski definition) is 1. The number of carbonyl (C=O) groups is 2. The number of amides is 3. The van der Waals surface area contributed by atoms with Crippen LogP contribution in [0.3, 0.4) is 0 Å². The van der Waals surface area contributed by atoms with Gasteiger partial charge in [0, 0.05) is 12.8 Å². The third-order valence-corrected chi connectivity index (χ3v) is 7.59. The number of aromatic nitrogens is 1. The number of nitrogens with one attached hydrogen (secondary N) is 1. The van der Waals surface area contributed by atoms with Gasteiger partial charge in [-0.15, -0.1) is 0 Å². The van der Waals surface area contributed by atoms with Gasteiger partial charge >= 0.3 is 6.03 Å². The van der Waals surface area contributed by atoms with Crippen molar-refractivity contribution in [2.24, 2.45) is 5.92 Å². The van der Waals surface area contributed by atoms with E-state index >= 15 is 0 Å². The Hall–Kier alpha value is -2.77. The second-order valence-corrected chi connectivity index (χ2v) is 9.71. The Labute approximate surface area is 201 Å². The molecule has 0 radical (unpaired) electrons. The summed E-state index contributed by atoms with van der Waals surface area (Å²) in [7, 11) is 0. The van der Waals surface area contributed by atoms with Crippen LogP contribution < -0.4 is 5.32 Å². The number of aryl methyl sites for hydroxylation is 1. The minimum atomic E-state index is -1.09. The minimum Gasteiger partial charge on any atom is -0.376 e. The van der Waals surface area contributed by atoms with Gasteiger partial charge < -0.3 is 15.0 Å². The Morgan fingerprint density at radius 2 is 1.82 bits per heavy atom. The van der Waals surface area contributed by atoms with Gasteiger partial charge in [-0.1, -0.05) is 36.4 Å². The molecule has 34 heavy (non-hydrogen) atoms. The quantitative estimate of drug-likeness (QED) is 0.609. The fraction of sp³-hybridized carbons (Fsp3) is 0.519. The molecular weight excluding hydrogens is 428 g/mol. The van der Waals surface area contributed by atoms with Gasteiger partial charge in [-0.2, -0.15) is 0 Å². The molecular formula is C27H34N4O3. The minimum absolute atomic E-state index is 0.0127. The fourth-order valence-corrected chi connectivity index (χ4v) is 5.75. The number of benzene rings is 1. The molecule has 0 saturated carbocycles. The molecule has 0 spiro atoms. The van der Waals surface area contributed by atoms with Crippen LogP contribution in [0.4, 0.5) is 4.79 Å². The molecule has 3 saturated heterocycles. The summed E-state index contributed by atoms with van der Waals surface area (Å²) in [5.74, 6) is -0.159. The number of likely N-dealkylation sites (tertiary alicyclic amines) is 1. The van der Waals surface area contributed by atoms with Crippen LogP contribution >= 0.6 is 0 Å².